The molecule has 0 spiro atoms. The third kappa shape index (κ3) is 6.67. The van der Waals surface area contributed by atoms with Gasteiger partial charge in [-0.15, -0.1) is 0 Å². The number of rotatable bonds is 12. The molecule has 0 aliphatic rings. The average molecular weight is 616 g/mol. The molecule has 0 aromatic carbocycles. The molecule has 0 aliphatic carbocycles. The third-order valence-electron chi connectivity index (χ3n) is 4.51. The Labute approximate surface area is 199 Å². The molecule has 216 valence electrons. The number of nitrogens with zero attached hydrogens (tertiary/aromatic N) is 1. The van der Waals surface area contributed by atoms with Crippen LogP contribution in [-0.2, 0) is 0 Å². The van der Waals surface area contributed by atoms with Crippen LogP contribution in [0.25, 0.3) is 0 Å². The van der Waals surface area contributed by atoms with Gasteiger partial charge in [0.2, 0.25) is 0 Å². The fourth-order valence-corrected chi connectivity index (χ4v) is 2.75. The first-order valence-corrected chi connectivity index (χ1v) is 9.64. The Morgan fingerprint density at radius 2 is 0.750 bits per heavy atom. The Morgan fingerprint density at radius 1 is 0.500 bits per heavy atom. The van der Waals surface area contributed by atoms with E-state index in [4.69, 9.17) is 11.6 Å². The molecule has 0 radical (unpaired) electrons. The van der Waals surface area contributed by atoms with E-state index in [1.54, 1.807) is 0 Å². The summed E-state index contributed by atoms with van der Waals surface area (Å²) in [5, 5.41) is 0. The van der Waals surface area contributed by atoms with Gasteiger partial charge in [-0.05, 0) is 25.1 Å². The average Bonchev–Trinajstić information content (AvgIpc) is 2.63. The van der Waals surface area contributed by atoms with Crippen LogP contribution in [0.1, 0.15) is 25.7 Å². The van der Waals surface area contributed by atoms with Crippen LogP contribution in [0.15, 0.2) is 0 Å². The number of halogens is 19. The van der Waals surface area contributed by atoms with Gasteiger partial charge in [-0.2, -0.15) is 79.0 Å². The topological polar surface area (TPSA) is 3.24 Å². The quantitative estimate of drug-likeness (QED) is 0.0941. The molecule has 0 fully saturated rings. The molecule has 0 bridgehead atoms. The highest BCUT2D eigenvalue weighted by molar-refractivity contribution is 7.83. The molecule has 36 heavy (non-hydrogen) atoms. The summed E-state index contributed by atoms with van der Waals surface area (Å²) in [5.41, 5.74) is 0. The monoisotopic (exact) mass is 615 g/mol. The number of thiocarbonyl (C=S) groups is 1. The minimum Gasteiger partial charge on any atom is -0.353 e. The summed E-state index contributed by atoms with van der Waals surface area (Å²) in [6.45, 7) is -2.32. The van der Waals surface area contributed by atoms with Crippen molar-refractivity contribution in [3.63, 3.8) is 0 Å². The SMILES string of the molecule is FC(F)(F)C(F)(F)C(F)(F)C(F)(F)CCCN(CCCC(F)(F)C(F)(F)C(F)(F)C(F)(F)F)C(=S)Cl. The van der Waals surface area contributed by atoms with Gasteiger partial charge >= 0.3 is 47.9 Å². The van der Waals surface area contributed by atoms with Crippen molar-refractivity contribution in [2.24, 2.45) is 0 Å². The number of alkyl halides is 18. The predicted octanol–water partition coefficient (Wildman–Crippen LogP) is 8.31. The van der Waals surface area contributed by atoms with Gasteiger partial charge in [-0.25, -0.2) is 0 Å². The lowest BCUT2D eigenvalue weighted by Crippen LogP contribution is -2.61. The van der Waals surface area contributed by atoms with E-state index in [0.717, 1.165) is 0 Å². The second kappa shape index (κ2) is 10.6. The van der Waals surface area contributed by atoms with Gasteiger partial charge in [0, 0.05) is 25.9 Å². The Bertz CT molecular complexity index is 703. The highest BCUT2D eigenvalue weighted by atomic mass is 35.5. The summed E-state index contributed by atoms with van der Waals surface area (Å²) in [6.07, 6.45) is -21.8. The molecule has 0 aromatic heterocycles. The second-order valence-electron chi connectivity index (χ2n) is 7.15. The highest BCUT2D eigenvalue weighted by Gasteiger charge is 2.82. The van der Waals surface area contributed by atoms with Crippen LogP contribution in [0.3, 0.4) is 0 Å². The van der Waals surface area contributed by atoms with Crippen LogP contribution >= 0.6 is 23.8 Å². The first-order chi connectivity index (χ1) is 15.5. The highest BCUT2D eigenvalue weighted by Crippen LogP contribution is 2.55. The lowest BCUT2D eigenvalue weighted by molar-refractivity contribution is -0.396. The van der Waals surface area contributed by atoms with Crippen molar-refractivity contribution in [2.75, 3.05) is 13.1 Å². The Morgan fingerprint density at radius 3 is 0.944 bits per heavy atom. The molecule has 0 unspecified atom stereocenters. The Balaban J connectivity index is 5.30. The van der Waals surface area contributed by atoms with Gasteiger partial charge in [0.05, 0.1) is 0 Å². The van der Waals surface area contributed by atoms with Crippen molar-refractivity contribution >= 4 is 28.3 Å². The van der Waals surface area contributed by atoms with E-state index in [1.165, 1.54) is 0 Å². The summed E-state index contributed by atoms with van der Waals surface area (Å²) < 4.78 is 229. The van der Waals surface area contributed by atoms with Crippen molar-refractivity contribution in [3.05, 3.63) is 0 Å². The molecule has 0 saturated heterocycles. The van der Waals surface area contributed by atoms with Crippen LogP contribution in [-0.4, -0.2) is 70.3 Å². The van der Waals surface area contributed by atoms with Crippen LogP contribution in [0.2, 0.25) is 0 Å². The van der Waals surface area contributed by atoms with Gasteiger partial charge in [0.15, 0.2) is 4.45 Å². The van der Waals surface area contributed by atoms with E-state index in [9.17, 15) is 79.0 Å². The van der Waals surface area contributed by atoms with Gasteiger partial charge in [-0.1, -0.05) is 11.6 Å². The van der Waals surface area contributed by atoms with Gasteiger partial charge in [0.1, 0.15) is 0 Å². The molecule has 0 amide bonds. The van der Waals surface area contributed by atoms with Gasteiger partial charge < -0.3 is 4.90 Å². The summed E-state index contributed by atoms with van der Waals surface area (Å²) in [4.78, 5) is 0.267. The lowest BCUT2D eigenvalue weighted by Gasteiger charge is -2.34. The first-order valence-electron chi connectivity index (χ1n) is 8.86. The van der Waals surface area contributed by atoms with Crippen molar-refractivity contribution in [1.82, 2.24) is 4.90 Å². The molecule has 0 atom stereocenters. The maximum Gasteiger partial charge on any atom is 0.460 e. The van der Waals surface area contributed by atoms with E-state index in [-0.39, 0.29) is 4.90 Å². The van der Waals surface area contributed by atoms with Crippen molar-refractivity contribution in [2.45, 2.75) is 73.6 Å². The molecule has 0 heterocycles. The summed E-state index contributed by atoms with van der Waals surface area (Å²) in [7, 11) is 0. The first kappa shape index (κ1) is 34.9. The minimum absolute atomic E-state index is 0.267. The predicted molar refractivity (Wildman–Crippen MR) is 90.3 cm³/mol. The molecule has 21 heteroatoms. The fourth-order valence-electron chi connectivity index (χ4n) is 2.40. The lowest BCUT2D eigenvalue weighted by atomic mass is 9.99. The summed E-state index contributed by atoms with van der Waals surface area (Å²) in [5.74, 6) is -40.3. The van der Waals surface area contributed by atoms with E-state index in [2.05, 4.69) is 12.2 Å². The second-order valence-corrected chi connectivity index (χ2v) is 8.12. The molecule has 1 nitrogen and oxygen atoms in total. The van der Waals surface area contributed by atoms with E-state index < -0.39 is 91.1 Å². The zero-order chi connectivity index (χ0) is 29.4. The maximum atomic E-state index is 13.5. The van der Waals surface area contributed by atoms with Crippen LogP contribution in [0.4, 0.5) is 79.0 Å². The van der Waals surface area contributed by atoms with Crippen LogP contribution in [0, 0.1) is 0 Å². The summed E-state index contributed by atoms with van der Waals surface area (Å²) >= 11 is 9.51. The maximum absolute atomic E-state index is 13.5. The zero-order valence-corrected chi connectivity index (χ0v) is 18.4. The molecule has 0 aliphatic heterocycles. The molecule has 0 aromatic rings. The van der Waals surface area contributed by atoms with Crippen molar-refractivity contribution < 1.29 is 79.0 Å². The van der Waals surface area contributed by atoms with Gasteiger partial charge in [-0.3, -0.25) is 0 Å². The van der Waals surface area contributed by atoms with Gasteiger partial charge in [0.25, 0.3) is 0 Å². The summed E-state index contributed by atoms with van der Waals surface area (Å²) in [6, 6.07) is 0. The molecule has 0 N–H and O–H groups in total. The molecule has 0 rings (SSSR count). The zero-order valence-electron chi connectivity index (χ0n) is 16.8. The molecular formula is C15H12ClF18NS. The Kier molecular flexibility index (Phi) is 10.3. The fraction of sp³-hybridized carbons (Fsp3) is 0.933. The Hall–Kier alpha value is -1.08. The molecule has 0 saturated carbocycles. The van der Waals surface area contributed by atoms with E-state index in [1.807, 2.05) is 0 Å². The largest absolute Gasteiger partial charge is 0.460 e. The van der Waals surface area contributed by atoms with Crippen LogP contribution in [0.5, 0.6) is 0 Å². The standard InChI is InChI=1S/C15H12ClF18NS/c16-7(36)35(5-1-3-8(17,18)10(21,22)12(25,26)14(29,30)31)6-2-4-9(19,20)11(23,24)13(27,28)15(32,33)34/h1-6H2. The third-order valence-corrected chi connectivity index (χ3v) is 5.00. The van der Waals surface area contributed by atoms with E-state index >= 15 is 0 Å². The molecular weight excluding hydrogens is 604 g/mol. The van der Waals surface area contributed by atoms with Crippen molar-refractivity contribution in [3.8, 4) is 0 Å². The number of hydrogen-bond acceptors (Lipinski definition) is 1. The van der Waals surface area contributed by atoms with Crippen LogP contribution < -0.4 is 0 Å². The minimum atomic E-state index is -7.18. The van der Waals surface area contributed by atoms with Crippen molar-refractivity contribution in [1.29, 1.82) is 0 Å². The van der Waals surface area contributed by atoms with E-state index in [0.29, 0.717) is 0 Å². The number of hydrogen-bond donors (Lipinski definition) is 0. The smallest absolute Gasteiger partial charge is 0.353 e. The normalized spacial score (nSPS) is 15.3.